The monoisotopic (exact) mass is 440 g/mol. The number of benzene rings is 2. The Morgan fingerprint density at radius 1 is 1.08 bits per heavy atom. The molecular weight excluding hydrogens is 419 g/mol. The highest BCUT2D eigenvalue weighted by atomic mass is 127. The Balaban J connectivity index is 0.00000288. The summed E-state index contributed by atoms with van der Waals surface area (Å²) in [4.78, 5) is 15.9. The lowest BCUT2D eigenvalue weighted by molar-refractivity contribution is -0.114. The second-order valence-electron chi connectivity index (χ2n) is 4.83. The Morgan fingerprint density at radius 3 is 2.46 bits per heavy atom. The molecule has 2 aromatic rings. The molecule has 0 saturated heterocycles. The molecule has 0 spiro atoms. The van der Waals surface area contributed by atoms with Gasteiger partial charge in [0.05, 0.1) is 6.61 Å². The molecule has 128 valence electrons. The Morgan fingerprint density at radius 2 is 1.75 bits per heavy atom. The molecule has 4 N–H and O–H groups in total. The molecule has 0 aliphatic heterocycles. The van der Waals surface area contributed by atoms with Crippen molar-refractivity contribution in [3.8, 4) is 0 Å². The predicted molar refractivity (Wildman–Crippen MR) is 108 cm³/mol. The molecule has 6 nitrogen and oxygen atoms in total. The number of methoxy groups -OCH3 is 1. The molecule has 0 heterocycles. The molecule has 0 aromatic heterocycles. The fourth-order valence-electron chi connectivity index (χ4n) is 1.98. The number of anilines is 2. The average Bonchev–Trinajstić information content (AvgIpc) is 2.56. The van der Waals surface area contributed by atoms with Crippen LogP contribution in [0.3, 0.4) is 0 Å². The van der Waals surface area contributed by atoms with Crippen molar-refractivity contribution in [1.82, 2.24) is 0 Å². The first kappa shape index (κ1) is 19.9. The van der Waals surface area contributed by atoms with Crippen molar-refractivity contribution in [2.45, 2.75) is 6.61 Å². The van der Waals surface area contributed by atoms with Gasteiger partial charge in [0.25, 0.3) is 0 Å². The van der Waals surface area contributed by atoms with Crippen LogP contribution in [0.15, 0.2) is 59.6 Å². The van der Waals surface area contributed by atoms with Crippen molar-refractivity contribution >= 4 is 47.2 Å². The number of nitrogens with two attached hydrogens (primary N) is 1. The SMILES string of the molecule is COCc1ccccc1NC(N)=NCC(=O)Nc1ccccc1.I. The maximum atomic E-state index is 11.8. The van der Waals surface area contributed by atoms with Gasteiger partial charge in [-0.05, 0) is 18.2 Å². The van der Waals surface area contributed by atoms with Crippen molar-refractivity contribution in [3.63, 3.8) is 0 Å². The summed E-state index contributed by atoms with van der Waals surface area (Å²) in [5.41, 5.74) is 8.32. The minimum atomic E-state index is -0.230. The third-order valence-electron chi connectivity index (χ3n) is 3.03. The molecule has 0 atom stereocenters. The number of carbonyl (C=O) groups is 1. The van der Waals surface area contributed by atoms with Gasteiger partial charge in [0, 0.05) is 24.0 Å². The number of nitrogens with one attached hydrogen (secondary N) is 2. The minimum absolute atomic E-state index is 0. The number of hydrogen-bond acceptors (Lipinski definition) is 3. The van der Waals surface area contributed by atoms with Gasteiger partial charge in [0.1, 0.15) is 6.54 Å². The van der Waals surface area contributed by atoms with Gasteiger partial charge in [0.15, 0.2) is 5.96 Å². The predicted octanol–water partition coefficient (Wildman–Crippen LogP) is 2.82. The van der Waals surface area contributed by atoms with E-state index < -0.39 is 0 Å². The largest absolute Gasteiger partial charge is 0.380 e. The van der Waals surface area contributed by atoms with Crippen LogP contribution in [0.2, 0.25) is 0 Å². The van der Waals surface area contributed by atoms with Crippen LogP contribution >= 0.6 is 24.0 Å². The number of hydrogen-bond donors (Lipinski definition) is 3. The van der Waals surface area contributed by atoms with Crippen LogP contribution < -0.4 is 16.4 Å². The number of ether oxygens (including phenoxy) is 1. The van der Waals surface area contributed by atoms with E-state index in [1.165, 1.54) is 0 Å². The van der Waals surface area contributed by atoms with Crippen LogP contribution in [0.1, 0.15) is 5.56 Å². The molecule has 2 rings (SSSR count). The Hall–Kier alpha value is -2.13. The highest BCUT2D eigenvalue weighted by Gasteiger charge is 2.04. The van der Waals surface area contributed by atoms with Crippen molar-refractivity contribution in [3.05, 3.63) is 60.2 Å². The van der Waals surface area contributed by atoms with Crippen LogP contribution in [-0.4, -0.2) is 25.5 Å². The standard InChI is InChI=1S/C17H20N4O2.HI/c1-23-12-13-7-5-6-10-15(13)21-17(18)19-11-16(22)20-14-8-3-2-4-9-14;/h2-10H,11-12H2,1H3,(H,20,22)(H3,18,19,21);1H. The van der Waals surface area contributed by atoms with Gasteiger partial charge in [-0.15, -0.1) is 24.0 Å². The summed E-state index contributed by atoms with van der Waals surface area (Å²) in [7, 11) is 1.63. The van der Waals surface area contributed by atoms with E-state index in [1.54, 1.807) is 7.11 Å². The fraction of sp³-hybridized carbons (Fsp3) is 0.176. The van der Waals surface area contributed by atoms with Gasteiger partial charge in [-0.1, -0.05) is 36.4 Å². The molecule has 0 saturated carbocycles. The zero-order valence-corrected chi connectivity index (χ0v) is 15.7. The number of rotatable bonds is 6. The van der Waals surface area contributed by atoms with Crippen molar-refractivity contribution in [2.75, 3.05) is 24.3 Å². The minimum Gasteiger partial charge on any atom is -0.380 e. The van der Waals surface area contributed by atoms with Gasteiger partial charge in [-0.2, -0.15) is 0 Å². The van der Waals surface area contributed by atoms with Crippen LogP contribution in [0.4, 0.5) is 11.4 Å². The first-order valence-corrected chi connectivity index (χ1v) is 7.17. The number of halogens is 1. The topological polar surface area (TPSA) is 88.7 Å². The number of aliphatic imine (C=N–C) groups is 1. The van der Waals surface area contributed by atoms with Gasteiger partial charge in [-0.25, -0.2) is 4.99 Å². The van der Waals surface area contributed by atoms with Gasteiger partial charge < -0.3 is 21.1 Å². The summed E-state index contributed by atoms with van der Waals surface area (Å²) < 4.78 is 5.13. The zero-order valence-electron chi connectivity index (χ0n) is 13.4. The number of para-hydroxylation sites is 2. The maximum Gasteiger partial charge on any atom is 0.246 e. The summed E-state index contributed by atoms with van der Waals surface area (Å²) in [6, 6.07) is 16.8. The summed E-state index contributed by atoms with van der Waals surface area (Å²) in [6.45, 7) is 0.408. The third-order valence-corrected chi connectivity index (χ3v) is 3.03. The third kappa shape index (κ3) is 6.55. The number of nitrogens with zero attached hydrogens (tertiary/aromatic N) is 1. The van der Waals surface area contributed by atoms with Gasteiger partial charge >= 0.3 is 0 Å². The lowest BCUT2D eigenvalue weighted by atomic mass is 10.2. The number of carbonyl (C=O) groups excluding carboxylic acids is 1. The molecule has 0 aliphatic rings. The van der Waals surface area contributed by atoms with Crippen LogP contribution in [0.5, 0.6) is 0 Å². The van der Waals surface area contributed by atoms with Crippen LogP contribution in [0, 0.1) is 0 Å². The highest BCUT2D eigenvalue weighted by Crippen LogP contribution is 2.15. The summed E-state index contributed by atoms with van der Waals surface area (Å²) in [5, 5.41) is 5.73. The molecule has 0 unspecified atom stereocenters. The fourth-order valence-corrected chi connectivity index (χ4v) is 1.98. The molecule has 0 aliphatic carbocycles. The van der Waals surface area contributed by atoms with E-state index >= 15 is 0 Å². The lowest BCUT2D eigenvalue weighted by Gasteiger charge is -2.10. The van der Waals surface area contributed by atoms with E-state index in [0.29, 0.717) is 6.61 Å². The number of amides is 1. The van der Waals surface area contributed by atoms with E-state index in [0.717, 1.165) is 16.9 Å². The molecular formula is C17H21IN4O2. The summed E-state index contributed by atoms with van der Waals surface area (Å²) in [6.07, 6.45) is 0. The molecule has 24 heavy (non-hydrogen) atoms. The first-order chi connectivity index (χ1) is 11.2. The second-order valence-corrected chi connectivity index (χ2v) is 4.83. The molecule has 0 radical (unpaired) electrons. The summed E-state index contributed by atoms with van der Waals surface area (Å²) >= 11 is 0. The zero-order chi connectivity index (χ0) is 16.5. The molecule has 0 fully saturated rings. The Bertz CT molecular complexity index is 677. The Labute approximate surface area is 158 Å². The van der Waals surface area contributed by atoms with Gasteiger partial charge in [0.2, 0.25) is 5.91 Å². The first-order valence-electron chi connectivity index (χ1n) is 7.17. The smallest absolute Gasteiger partial charge is 0.246 e. The highest BCUT2D eigenvalue weighted by molar-refractivity contribution is 14.0. The quantitative estimate of drug-likeness (QED) is 0.366. The number of guanidine groups is 1. The normalized spacial score (nSPS) is 10.6. The van der Waals surface area contributed by atoms with E-state index in [2.05, 4.69) is 15.6 Å². The molecule has 0 bridgehead atoms. The summed E-state index contributed by atoms with van der Waals surface area (Å²) in [5.74, 6) is -0.0529. The van der Waals surface area contributed by atoms with Crippen molar-refractivity contribution < 1.29 is 9.53 Å². The van der Waals surface area contributed by atoms with Crippen LogP contribution in [-0.2, 0) is 16.1 Å². The van der Waals surface area contributed by atoms with E-state index in [9.17, 15) is 4.79 Å². The molecule has 1 amide bonds. The van der Waals surface area contributed by atoms with Crippen molar-refractivity contribution in [1.29, 1.82) is 0 Å². The lowest BCUT2D eigenvalue weighted by Crippen LogP contribution is -2.26. The van der Waals surface area contributed by atoms with E-state index in [1.807, 2.05) is 54.6 Å². The van der Waals surface area contributed by atoms with Crippen molar-refractivity contribution in [2.24, 2.45) is 10.7 Å². The maximum absolute atomic E-state index is 11.8. The second kappa shape index (κ2) is 10.6. The molecule has 7 heteroatoms. The average molecular weight is 440 g/mol. The van der Waals surface area contributed by atoms with E-state index in [4.69, 9.17) is 10.5 Å². The molecule has 2 aromatic carbocycles. The van der Waals surface area contributed by atoms with Gasteiger partial charge in [-0.3, -0.25) is 4.79 Å². The Kier molecular flexibility index (Phi) is 8.80. The van der Waals surface area contributed by atoms with E-state index in [-0.39, 0.29) is 42.4 Å². The van der Waals surface area contributed by atoms with Crippen LogP contribution in [0.25, 0.3) is 0 Å².